The molecule has 0 saturated carbocycles. The molecule has 0 aliphatic carbocycles. The van der Waals surface area contributed by atoms with Gasteiger partial charge in [-0.2, -0.15) is 0 Å². The Bertz CT molecular complexity index is 530. The van der Waals surface area contributed by atoms with Gasteiger partial charge in [0.25, 0.3) is 5.91 Å². The Morgan fingerprint density at radius 3 is 2.95 bits per heavy atom. The predicted octanol–water partition coefficient (Wildman–Crippen LogP) is 1.04. The number of nitrogens with zero attached hydrogens (tertiary/aromatic N) is 2. The van der Waals surface area contributed by atoms with Crippen LogP contribution in [-0.4, -0.2) is 47.9 Å². The molecular formula is C15H22N4O2. The monoisotopic (exact) mass is 290 g/mol. The predicted molar refractivity (Wildman–Crippen MR) is 81.3 cm³/mol. The maximum Gasteiger partial charge on any atom is 0.254 e. The fourth-order valence-electron chi connectivity index (χ4n) is 2.33. The summed E-state index contributed by atoms with van der Waals surface area (Å²) in [4.78, 5) is 30.3. The number of anilines is 1. The highest BCUT2D eigenvalue weighted by molar-refractivity contribution is 5.97. The zero-order valence-corrected chi connectivity index (χ0v) is 12.6. The van der Waals surface area contributed by atoms with Crippen LogP contribution in [0.25, 0.3) is 0 Å². The fourth-order valence-corrected chi connectivity index (χ4v) is 2.33. The van der Waals surface area contributed by atoms with Gasteiger partial charge in [-0.25, -0.2) is 4.98 Å². The van der Waals surface area contributed by atoms with Gasteiger partial charge in [-0.05, 0) is 31.9 Å². The van der Waals surface area contributed by atoms with Crippen molar-refractivity contribution >= 4 is 17.6 Å². The van der Waals surface area contributed by atoms with E-state index in [1.54, 1.807) is 11.0 Å². The summed E-state index contributed by atoms with van der Waals surface area (Å²) in [5, 5.41) is 5.92. The normalized spacial score (nSPS) is 15.3. The second-order valence-electron chi connectivity index (χ2n) is 5.05. The maximum atomic E-state index is 12.6. The van der Waals surface area contributed by atoms with Crippen molar-refractivity contribution in [3.63, 3.8) is 0 Å². The summed E-state index contributed by atoms with van der Waals surface area (Å²) in [7, 11) is 0. The molecule has 1 aromatic heterocycles. The number of pyridine rings is 1. The van der Waals surface area contributed by atoms with E-state index in [0.717, 1.165) is 25.1 Å². The van der Waals surface area contributed by atoms with Crippen LogP contribution >= 0.6 is 0 Å². The van der Waals surface area contributed by atoms with E-state index in [9.17, 15) is 9.59 Å². The molecule has 0 radical (unpaired) electrons. The minimum absolute atomic E-state index is 0.0995. The second-order valence-corrected chi connectivity index (χ2v) is 5.05. The van der Waals surface area contributed by atoms with Crippen LogP contribution in [0.2, 0.25) is 0 Å². The summed E-state index contributed by atoms with van der Waals surface area (Å²) in [6.07, 6.45) is 1.54. The van der Waals surface area contributed by atoms with E-state index in [1.807, 2.05) is 19.9 Å². The molecule has 6 nitrogen and oxygen atoms in total. The van der Waals surface area contributed by atoms with Gasteiger partial charge in [-0.15, -0.1) is 0 Å². The SMILES string of the molecule is CCNc1cc(C(=O)N2CCCNC(=O)C2)cc(CC)n1. The van der Waals surface area contributed by atoms with Crippen molar-refractivity contribution in [2.45, 2.75) is 26.7 Å². The lowest BCUT2D eigenvalue weighted by Crippen LogP contribution is -2.37. The van der Waals surface area contributed by atoms with Crippen LogP contribution in [0, 0.1) is 0 Å². The molecule has 0 aromatic carbocycles. The molecule has 0 unspecified atom stereocenters. The standard InChI is InChI=1S/C15H22N4O2/c1-3-12-8-11(9-13(18-12)16-4-2)15(21)19-7-5-6-17-14(20)10-19/h8-9H,3-7,10H2,1-2H3,(H,16,18)(H,17,20). The van der Waals surface area contributed by atoms with Crippen LogP contribution in [0.3, 0.4) is 0 Å². The van der Waals surface area contributed by atoms with Crippen LogP contribution in [0.5, 0.6) is 0 Å². The fraction of sp³-hybridized carbons (Fsp3) is 0.533. The van der Waals surface area contributed by atoms with Gasteiger partial charge in [-0.1, -0.05) is 6.92 Å². The van der Waals surface area contributed by atoms with Gasteiger partial charge in [0.05, 0.1) is 6.54 Å². The quantitative estimate of drug-likeness (QED) is 0.869. The number of carbonyl (C=O) groups is 2. The Balaban J connectivity index is 2.24. The largest absolute Gasteiger partial charge is 0.370 e. The first kappa shape index (κ1) is 15.3. The van der Waals surface area contributed by atoms with Crippen LogP contribution in [-0.2, 0) is 11.2 Å². The zero-order valence-electron chi connectivity index (χ0n) is 12.6. The van der Waals surface area contributed by atoms with E-state index in [4.69, 9.17) is 0 Å². The van der Waals surface area contributed by atoms with Gasteiger partial charge in [0.2, 0.25) is 5.91 Å². The smallest absolute Gasteiger partial charge is 0.254 e. The van der Waals surface area contributed by atoms with Crippen molar-refractivity contribution in [2.75, 3.05) is 31.5 Å². The molecular weight excluding hydrogens is 268 g/mol. The maximum absolute atomic E-state index is 12.6. The summed E-state index contributed by atoms with van der Waals surface area (Å²) < 4.78 is 0. The third-order valence-corrected chi connectivity index (χ3v) is 3.39. The number of rotatable bonds is 4. The lowest BCUT2D eigenvalue weighted by Gasteiger charge is -2.19. The van der Waals surface area contributed by atoms with Crippen molar-refractivity contribution < 1.29 is 9.59 Å². The number of aryl methyl sites for hydroxylation is 1. The highest BCUT2D eigenvalue weighted by Crippen LogP contribution is 2.14. The molecule has 1 aliphatic heterocycles. The Labute approximate surface area is 124 Å². The number of amides is 2. The molecule has 2 rings (SSSR count). The number of hydrogen-bond donors (Lipinski definition) is 2. The summed E-state index contributed by atoms with van der Waals surface area (Å²) >= 11 is 0. The van der Waals surface area contributed by atoms with E-state index in [0.29, 0.717) is 24.5 Å². The molecule has 114 valence electrons. The molecule has 2 heterocycles. The molecule has 0 bridgehead atoms. The Kier molecular flexibility index (Phi) is 5.14. The van der Waals surface area contributed by atoms with Gasteiger partial charge in [0.15, 0.2) is 0 Å². The average Bonchev–Trinajstić information content (AvgIpc) is 2.71. The molecule has 1 fully saturated rings. The van der Waals surface area contributed by atoms with E-state index in [1.165, 1.54) is 0 Å². The van der Waals surface area contributed by atoms with Gasteiger partial charge < -0.3 is 15.5 Å². The molecule has 2 N–H and O–H groups in total. The Hall–Kier alpha value is -2.11. The summed E-state index contributed by atoms with van der Waals surface area (Å²) in [5.74, 6) is 0.500. The molecule has 0 spiro atoms. The van der Waals surface area contributed by atoms with Gasteiger partial charge in [0, 0.05) is 30.9 Å². The van der Waals surface area contributed by atoms with E-state index in [-0.39, 0.29) is 18.4 Å². The average molecular weight is 290 g/mol. The van der Waals surface area contributed by atoms with Crippen LogP contribution in [0.4, 0.5) is 5.82 Å². The lowest BCUT2D eigenvalue weighted by molar-refractivity contribution is -0.121. The molecule has 1 aliphatic rings. The third kappa shape index (κ3) is 3.93. The number of hydrogen-bond acceptors (Lipinski definition) is 4. The lowest BCUT2D eigenvalue weighted by atomic mass is 10.1. The highest BCUT2D eigenvalue weighted by atomic mass is 16.2. The zero-order chi connectivity index (χ0) is 15.2. The van der Waals surface area contributed by atoms with E-state index in [2.05, 4.69) is 15.6 Å². The van der Waals surface area contributed by atoms with E-state index < -0.39 is 0 Å². The topological polar surface area (TPSA) is 74.3 Å². The van der Waals surface area contributed by atoms with Crippen molar-refractivity contribution in [3.05, 3.63) is 23.4 Å². The van der Waals surface area contributed by atoms with Gasteiger partial charge in [0.1, 0.15) is 5.82 Å². The van der Waals surface area contributed by atoms with E-state index >= 15 is 0 Å². The van der Waals surface area contributed by atoms with Crippen LogP contribution in [0.15, 0.2) is 12.1 Å². The first-order valence-corrected chi connectivity index (χ1v) is 7.44. The third-order valence-electron chi connectivity index (χ3n) is 3.39. The molecule has 6 heteroatoms. The highest BCUT2D eigenvalue weighted by Gasteiger charge is 2.21. The van der Waals surface area contributed by atoms with Crippen LogP contribution < -0.4 is 10.6 Å². The molecule has 21 heavy (non-hydrogen) atoms. The first-order valence-electron chi connectivity index (χ1n) is 7.44. The first-order chi connectivity index (χ1) is 10.1. The molecule has 1 aromatic rings. The summed E-state index contributed by atoms with van der Waals surface area (Å²) in [6, 6.07) is 3.57. The van der Waals surface area contributed by atoms with Crippen molar-refractivity contribution in [1.29, 1.82) is 0 Å². The second kappa shape index (κ2) is 7.06. The van der Waals surface area contributed by atoms with Crippen molar-refractivity contribution in [2.24, 2.45) is 0 Å². The Morgan fingerprint density at radius 1 is 1.43 bits per heavy atom. The van der Waals surface area contributed by atoms with Crippen molar-refractivity contribution in [3.8, 4) is 0 Å². The van der Waals surface area contributed by atoms with Gasteiger partial charge >= 0.3 is 0 Å². The molecule has 0 atom stereocenters. The van der Waals surface area contributed by atoms with Crippen molar-refractivity contribution in [1.82, 2.24) is 15.2 Å². The minimum Gasteiger partial charge on any atom is -0.370 e. The number of carbonyl (C=O) groups excluding carboxylic acids is 2. The molecule has 1 saturated heterocycles. The van der Waals surface area contributed by atoms with Crippen LogP contribution in [0.1, 0.15) is 36.3 Å². The summed E-state index contributed by atoms with van der Waals surface area (Å²) in [5.41, 5.74) is 1.46. The van der Waals surface area contributed by atoms with Gasteiger partial charge in [-0.3, -0.25) is 9.59 Å². The minimum atomic E-state index is -0.108. The molecule has 2 amide bonds. The number of nitrogens with one attached hydrogen (secondary N) is 2. The summed E-state index contributed by atoms with van der Waals surface area (Å²) in [6.45, 7) is 6.09. The number of aromatic nitrogens is 1. The Morgan fingerprint density at radius 2 is 2.24 bits per heavy atom.